The number of pyridine rings is 2. The quantitative estimate of drug-likeness (QED) is 0.254. The van der Waals surface area contributed by atoms with Crippen LogP contribution in [0, 0.1) is 0 Å². The van der Waals surface area contributed by atoms with Crippen molar-refractivity contribution in [2.75, 3.05) is 12.8 Å². The highest BCUT2D eigenvalue weighted by atomic mass is 35.5. The predicted octanol–water partition coefficient (Wildman–Crippen LogP) is -5.69. The van der Waals surface area contributed by atoms with Gasteiger partial charge in [-0.3, -0.25) is 4.74 Å². The van der Waals surface area contributed by atoms with Gasteiger partial charge in [0.15, 0.2) is 24.8 Å². The number of oxime groups is 1. The summed E-state index contributed by atoms with van der Waals surface area (Å²) in [6.07, 6.45) is 8.44. The first-order valence-corrected chi connectivity index (χ1v) is 5.72. The molecule has 0 saturated heterocycles. The Kier molecular flexibility index (Phi) is 8.30. The molecule has 0 aliphatic rings. The molecule has 0 aromatic carbocycles. The highest BCUT2D eigenvalue weighted by Crippen LogP contribution is 1.99. The van der Waals surface area contributed by atoms with Crippen molar-refractivity contribution >= 4 is 11.9 Å². The molecule has 0 aliphatic heterocycles. The number of nitrogen functional groups attached to an aromatic ring is 1. The molecule has 0 saturated carbocycles. The fraction of sp³-hybridized carbons (Fsp3) is 0.154. The number of aromatic nitrogens is 2. The van der Waals surface area contributed by atoms with Gasteiger partial charge in [-0.15, -0.1) is 9.13 Å². The summed E-state index contributed by atoms with van der Waals surface area (Å²) >= 11 is 0. The van der Waals surface area contributed by atoms with Crippen molar-refractivity contribution in [3.63, 3.8) is 0 Å². The second kappa shape index (κ2) is 9.12. The van der Waals surface area contributed by atoms with E-state index in [0.29, 0.717) is 5.69 Å². The van der Waals surface area contributed by atoms with Crippen LogP contribution in [0.25, 0.3) is 0 Å². The molecule has 114 valence electrons. The monoisotopic (exact) mass is 330 g/mol. The number of rotatable bonds is 4. The molecule has 0 bridgehead atoms. The fourth-order valence-electron chi connectivity index (χ4n) is 1.74. The first-order chi connectivity index (χ1) is 9.24. The van der Waals surface area contributed by atoms with Gasteiger partial charge >= 0.3 is 6.35 Å². The summed E-state index contributed by atoms with van der Waals surface area (Å²) in [6, 6.07) is 7.26. The topological polar surface area (TPSA) is 75.6 Å². The highest BCUT2D eigenvalue weighted by Gasteiger charge is 2.26. The number of halogens is 2. The average Bonchev–Trinajstić information content (AvgIpc) is 2.44. The lowest BCUT2D eigenvalue weighted by Gasteiger charge is -2.05. The second-order valence-electron chi connectivity index (χ2n) is 3.96. The molecule has 6 nitrogen and oxygen atoms in total. The molecule has 8 heteroatoms. The van der Waals surface area contributed by atoms with Crippen LogP contribution in [0.5, 0.6) is 0 Å². The molecule has 1 atom stereocenters. The van der Waals surface area contributed by atoms with Crippen molar-refractivity contribution in [2.45, 2.75) is 6.35 Å². The summed E-state index contributed by atoms with van der Waals surface area (Å²) in [5, 5.41) is 11.5. The third kappa shape index (κ3) is 4.86. The van der Waals surface area contributed by atoms with Gasteiger partial charge < -0.3 is 35.8 Å². The minimum atomic E-state index is -0.305. The van der Waals surface area contributed by atoms with Gasteiger partial charge in [0.1, 0.15) is 0 Å². The summed E-state index contributed by atoms with van der Waals surface area (Å²) in [6.45, 7) is 0. The van der Waals surface area contributed by atoms with E-state index >= 15 is 0 Å². The van der Waals surface area contributed by atoms with Gasteiger partial charge in [0.2, 0.25) is 0 Å². The summed E-state index contributed by atoms with van der Waals surface area (Å²) < 4.78 is 9.23. The van der Waals surface area contributed by atoms with Gasteiger partial charge in [-0.1, -0.05) is 5.16 Å². The van der Waals surface area contributed by atoms with E-state index in [0.717, 1.165) is 5.56 Å². The zero-order valence-electron chi connectivity index (χ0n) is 11.3. The van der Waals surface area contributed by atoms with E-state index in [1.165, 1.54) is 6.21 Å². The van der Waals surface area contributed by atoms with E-state index in [1.807, 2.05) is 46.1 Å². The maximum atomic E-state index is 8.47. The Hall–Kier alpha value is -1.89. The lowest BCUT2D eigenvalue weighted by atomic mass is 10.3. The van der Waals surface area contributed by atoms with Gasteiger partial charge in [-0.25, -0.2) is 0 Å². The van der Waals surface area contributed by atoms with Gasteiger partial charge in [0.25, 0.3) is 0 Å². The van der Waals surface area contributed by atoms with Gasteiger partial charge in [0.05, 0.1) is 6.21 Å². The van der Waals surface area contributed by atoms with Crippen LogP contribution in [-0.4, -0.2) is 18.5 Å². The van der Waals surface area contributed by atoms with Gasteiger partial charge in [-0.2, -0.15) is 0 Å². The molecular weight excluding hydrogens is 315 g/mol. The van der Waals surface area contributed by atoms with Gasteiger partial charge in [0, 0.05) is 42.6 Å². The van der Waals surface area contributed by atoms with Crippen molar-refractivity contribution in [3.8, 4) is 0 Å². The molecule has 2 aromatic heterocycles. The van der Waals surface area contributed by atoms with E-state index < -0.39 is 0 Å². The summed E-state index contributed by atoms with van der Waals surface area (Å²) in [7, 11) is 1.63. The van der Waals surface area contributed by atoms with Crippen LogP contribution in [0.4, 0.5) is 5.69 Å². The van der Waals surface area contributed by atoms with Crippen LogP contribution in [0.3, 0.4) is 0 Å². The highest BCUT2D eigenvalue weighted by molar-refractivity contribution is 5.78. The number of ether oxygens (including phenoxy) is 1. The molecule has 3 N–H and O–H groups in total. The molecule has 1 unspecified atom stereocenters. The second-order valence-corrected chi connectivity index (χ2v) is 3.96. The minimum absolute atomic E-state index is 0. The molecule has 0 amide bonds. The van der Waals surface area contributed by atoms with Crippen LogP contribution < -0.4 is 39.7 Å². The smallest absolute Gasteiger partial charge is 0.474 e. The first kappa shape index (κ1) is 19.1. The van der Waals surface area contributed by atoms with Crippen molar-refractivity contribution in [1.82, 2.24) is 0 Å². The van der Waals surface area contributed by atoms with Crippen molar-refractivity contribution < 1.29 is 43.9 Å². The molecule has 0 fully saturated rings. The minimum Gasteiger partial charge on any atom is -1.00 e. The lowest BCUT2D eigenvalue weighted by molar-refractivity contribution is -0.983. The molecule has 2 rings (SSSR count). The van der Waals surface area contributed by atoms with E-state index in [9.17, 15) is 0 Å². The van der Waals surface area contributed by atoms with E-state index in [4.69, 9.17) is 15.7 Å². The number of nitrogens with zero attached hydrogens (tertiary/aromatic N) is 3. The Morgan fingerprint density at radius 3 is 2.00 bits per heavy atom. The number of anilines is 1. The van der Waals surface area contributed by atoms with Gasteiger partial charge in [-0.05, 0) is 0 Å². The van der Waals surface area contributed by atoms with Crippen LogP contribution in [-0.2, 0) is 4.74 Å². The Bertz CT molecular complexity index is 561. The number of hydrogen-bond acceptors (Lipinski definition) is 4. The number of hydrogen-bond donors (Lipinski definition) is 2. The molecular formula is C13H16Cl2N4O2. The SMILES string of the molecule is COC([n+]1ccc(N)cc1)[n+]1ccc(/C=N\O)cc1.[Cl-].[Cl-]. The largest absolute Gasteiger partial charge is 1.00 e. The normalized spacial score (nSPS) is 11.5. The van der Waals surface area contributed by atoms with Crippen molar-refractivity contribution in [2.24, 2.45) is 5.16 Å². The van der Waals surface area contributed by atoms with Crippen molar-refractivity contribution in [1.29, 1.82) is 0 Å². The molecule has 21 heavy (non-hydrogen) atoms. The molecule has 0 aliphatic carbocycles. The Balaban J connectivity index is 0.00000200. The average molecular weight is 331 g/mol. The Morgan fingerprint density at radius 2 is 1.57 bits per heavy atom. The predicted molar refractivity (Wildman–Crippen MR) is 68.5 cm³/mol. The Labute approximate surface area is 135 Å². The van der Waals surface area contributed by atoms with E-state index in [-0.39, 0.29) is 31.2 Å². The van der Waals surface area contributed by atoms with E-state index in [2.05, 4.69) is 5.16 Å². The maximum Gasteiger partial charge on any atom is 0.474 e. The summed E-state index contributed by atoms with van der Waals surface area (Å²) in [5.74, 6) is 0. The number of methoxy groups -OCH3 is 1. The summed E-state index contributed by atoms with van der Waals surface area (Å²) in [5.41, 5.74) is 7.16. The third-order valence-corrected chi connectivity index (χ3v) is 2.68. The van der Waals surface area contributed by atoms with Crippen molar-refractivity contribution in [3.05, 3.63) is 54.6 Å². The van der Waals surface area contributed by atoms with Crippen LogP contribution >= 0.6 is 0 Å². The molecule has 2 heterocycles. The standard InChI is InChI=1S/C13H14N4O2.2ClH/c1-19-13(17-8-4-12(14)5-9-17)16-6-2-11(3-7-16)10-15-18;;/h2-10,13-14H,1H3;2*1H. The lowest BCUT2D eigenvalue weighted by Crippen LogP contribution is -3.00. The molecule has 0 radical (unpaired) electrons. The Morgan fingerprint density at radius 1 is 1.10 bits per heavy atom. The summed E-state index contributed by atoms with van der Waals surface area (Å²) in [4.78, 5) is 0. The fourth-order valence-corrected chi connectivity index (χ4v) is 1.74. The first-order valence-electron chi connectivity index (χ1n) is 5.72. The number of nitrogens with two attached hydrogens (primary N) is 1. The zero-order chi connectivity index (χ0) is 13.7. The van der Waals surface area contributed by atoms with E-state index in [1.54, 1.807) is 19.2 Å². The van der Waals surface area contributed by atoms with Crippen LogP contribution in [0.15, 0.2) is 54.2 Å². The third-order valence-electron chi connectivity index (χ3n) is 2.68. The van der Waals surface area contributed by atoms with Crippen LogP contribution in [0.1, 0.15) is 11.9 Å². The van der Waals surface area contributed by atoms with Crippen LogP contribution in [0.2, 0.25) is 0 Å². The zero-order valence-corrected chi connectivity index (χ0v) is 12.8. The maximum absolute atomic E-state index is 8.47. The molecule has 0 spiro atoms. The molecule has 2 aromatic rings.